The van der Waals surface area contributed by atoms with Gasteiger partial charge < -0.3 is 20.3 Å². The number of nitrogens with one attached hydrogen (secondary N) is 2. The Morgan fingerprint density at radius 1 is 1.26 bits per heavy atom. The minimum absolute atomic E-state index is 0.0961. The van der Waals surface area contributed by atoms with Crippen LogP contribution in [0, 0.1) is 5.92 Å². The Labute approximate surface area is 164 Å². The van der Waals surface area contributed by atoms with Crippen LogP contribution in [0.25, 0.3) is 0 Å². The van der Waals surface area contributed by atoms with Crippen LogP contribution < -0.4 is 10.6 Å². The Kier molecular flexibility index (Phi) is 7.77. The molecule has 2 aliphatic rings. The Balaban J connectivity index is 1.76. The van der Waals surface area contributed by atoms with E-state index in [0.29, 0.717) is 6.04 Å². The van der Waals surface area contributed by atoms with Crippen molar-refractivity contribution >= 4 is 12.1 Å². The number of carbonyl (C=O) groups is 1. The number of likely N-dealkylation sites (tertiary alicyclic amines) is 2. The summed E-state index contributed by atoms with van der Waals surface area (Å²) in [6.07, 6.45) is 3.20. The summed E-state index contributed by atoms with van der Waals surface area (Å²) in [7, 11) is 1.82. The summed E-state index contributed by atoms with van der Waals surface area (Å²) in [6.45, 7) is 15.2. The highest BCUT2D eigenvalue weighted by molar-refractivity contribution is 5.80. The number of aliphatic imine (C=N–C) groups is 1. The number of piperidine rings is 1. The molecule has 3 unspecified atom stereocenters. The van der Waals surface area contributed by atoms with Crippen molar-refractivity contribution in [3.63, 3.8) is 0 Å². The highest BCUT2D eigenvalue weighted by Crippen LogP contribution is 2.17. The van der Waals surface area contributed by atoms with Crippen molar-refractivity contribution in [2.24, 2.45) is 10.9 Å². The summed E-state index contributed by atoms with van der Waals surface area (Å²) >= 11 is 0. The molecule has 27 heavy (non-hydrogen) atoms. The molecular formula is C20H39N5O2. The molecule has 2 heterocycles. The maximum Gasteiger partial charge on any atom is 0.407 e. The Morgan fingerprint density at radius 3 is 2.63 bits per heavy atom. The standard InChI is InChI=1S/C20H39N5O2/c1-15-8-7-10-24(13-15)16(2)12-22-18(21-6)25-11-9-17(14-25)23-19(26)27-20(3,4)5/h15-17H,7-14H2,1-6H3,(H,21,22)(H,23,26). The van der Waals surface area contributed by atoms with Crippen LogP contribution in [0.3, 0.4) is 0 Å². The van der Waals surface area contributed by atoms with Crippen molar-refractivity contribution in [3.05, 3.63) is 0 Å². The Bertz CT molecular complexity index is 517. The number of rotatable bonds is 4. The van der Waals surface area contributed by atoms with Crippen LogP contribution >= 0.6 is 0 Å². The van der Waals surface area contributed by atoms with Crippen molar-refractivity contribution in [2.45, 2.75) is 71.6 Å². The van der Waals surface area contributed by atoms with E-state index in [4.69, 9.17) is 4.74 Å². The number of hydrogen-bond acceptors (Lipinski definition) is 4. The molecule has 3 atom stereocenters. The molecule has 0 aromatic carbocycles. The maximum atomic E-state index is 12.0. The van der Waals surface area contributed by atoms with E-state index in [-0.39, 0.29) is 12.1 Å². The Hall–Kier alpha value is -1.50. The SMILES string of the molecule is CN=C(NCC(C)N1CCCC(C)C1)N1CCC(NC(=O)OC(C)(C)C)C1. The van der Waals surface area contributed by atoms with E-state index in [1.54, 1.807) is 0 Å². The zero-order valence-electron chi connectivity index (χ0n) is 18.0. The van der Waals surface area contributed by atoms with Gasteiger partial charge in [0, 0.05) is 39.3 Å². The zero-order chi connectivity index (χ0) is 20.0. The third-order valence-corrected chi connectivity index (χ3v) is 5.29. The fraction of sp³-hybridized carbons (Fsp3) is 0.900. The fourth-order valence-electron chi connectivity index (χ4n) is 3.87. The van der Waals surface area contributed by atoms with Gasteiger partial charge in [0.05, 0.1) is 6.04 Å². The summed E-state index contributed by atoms with van der Waals surface area (Å²) in [5, 5.41) is 6.50. The normalized spacial score (nSPS) is 26.0. The van der Waals surface area contributed by atoms with Crippen molar-refractivity contribution < 1.29 is 9.53 Å². The second-order valence-corrected chi connectivity index (χ2v) is 9.10. The number of hydrogen-bond donors (Lipinski definition) is 2. The lowest BCUT2D eigenvalue weighted by Crippen LogP contribution is -2.49. The minimum Gasteiger partial charge on any atom is -0.444 e. The van der Waals surface area contributed by atoms with E-state index in [0.717, 1.165) is 37.9 Å². The van der Waals surface area contributed by atoms with Gasteiger partial charge in [0.25, 0.3) is 0 Å². The van der Waals surface area contributed by atoms with Crippen LogP contribution in [0.2, 0.25) is 0 Å². The molecular weight excluding hydrogens is 342 g/mol. The van der Waals surface area contributed by atoms with E-state index >= 15 is 0 Å². The lowest BCUT2D eigenvalue weighted by atomic mass is 9.99. The highest BCUT2D eigenvalue weighted by atomic mass is 16.6. The van der Waals surface area contributed by atoms with Gasteiger partial charge >= 0.3 is 6.09 Å². The molecule has 0 saturated carbocycles. The predicted molar refractivity (Wildman–Crippen MR) is 110 cm³/mol. The molecule has 0 aromatic rings. The molecule has 0 aromatic heterocycles. The lowest BCUT2D eigenvalue weighted by molar-refractivity contribution is 0.0507. The van der Waals surface area contributed by atoms with E-state index < -0.39 is 5.60 Å². The molecule has 156 valence electrons. The molecule has 0 bridgehead atoms. The van der Waals surface area contributed by atoms with Crippen LogP contribution in [0.1, 0.15) is 53.9 Å². The molecule has 2 saturated heterocycles. The summed E-state index contributed by atoms with van der Waals surface area (Å²) < 4.78 is 5.36. The first kappa shape index (κ1) is 21.8. The van der Waals surface area contributed by atoms with Crippen molar-refractivity contribution in [1.29, 1.82) is 0 Å². The molecule has 2 N–H and O–H groups in total. The minimum atomic E-state index is -0.470. The van der Waals surface area contributed by atoms with Gasteiger partial charge in [-0.05, 0) is 59.4 Å². The first-order chi connectivity index (χ1) is 12.7. The lowest BCUT2D eigenvalue weighted by Gasteiger charge is -2.36. The van der Waals surface area contributed by atoms with Crippen LogP contribution in [0.15, 0.2) is 4.99 Å². The number of carbonyl (C=O) groups excluding carboxylic acids is 1. The largest absolute Gasteiger partial charge is 0.444 e. The molecule has 1 amide bonds. The number of guanidine groups is 1. The predicted octanol–water partition coefficient (Wildman–Crippen LogP) is 2.28. The van der Waals surface area contributed by atoms with Crippen molar-refractivity contribution in [1.82, 2.24) is 20.4 Å². The number of ether oxygens (including phenoxy) is 1. The van der Waals surface area contributed by atoms with Gasteiger partial charge in [0.1, 0.15) is 5.60 Å². The summed E-state index contributed by atoms with van der Waals surface area (Å²) in [6, 6.07) is 0.585. The monoisotopic (exact) mass is 381 g/mol. The first-order valence-corrected chi connectivity index (χ1v) is 10.4. The van der Waals surface area contributed by atoms with E-state index in [1.165, 1.54) is 25.9 Å². The summed E-state index contributed by atoms with van der Waals surface area (Å²) in [5.41, 5.74) is -0.470. The van der Waals surface area contributed by atoms with Crippen LogP contribution in [-0.4, -0.2) is 79.3 Å². The van der Waals surface area contributed by atoms with E-state index in [9.17, 15) is 4.79 Å². The van der Waals surface area contributed by atoms with Gasteiger partial charge in [-0.25, -0.2) is 4.79 Å². The van der Waals surface area contributed by atoms with Crippen molar-refractivity contribution in [3.8, 4) is 0 Å². The molecule has 2 fully saturated rings. The van der Waals surface area contributed by atoms with Crippen LogP contribution in [-0.2, 0) is 4.74 Å². The quantitative estimate of drug-likeness (QED) is 0.578. The van der Waals surface area contributed by atoms with Gasteiger partial charge in [-0.2, -0.15) is 0 Å². The molecule has 7 heteroatoms. The average Bonchev–Trinajstić information content (AvgIpc) is 3.01. The summed E-state index contributed by atoms with van der Waals surface area (Å²) in [5.74, 6) is 1.71. The maximum absolute atomic E-state index is 12.0. The highest BCUT2D eigenvalue weighted by Gasteiger charge is 2.28. The zero-order valence-corrected chi connectivity index (χ0v) is 18.0. The molecule has 2 rings (SSSR count). The van der Waals surface area contributed by atoms with Gasteiger partial charge in [0.15, 0.2) is 5.96 Å². The summed E-state index contributed by atoms with van der Waals surface area (Å²) in [4.78, 5) is 21.2. The molecule has 7 nitrogen and oxygen atoms in total. The van der Waals surface area contributed by atoms with Crippen molar-refractivity contribution in [2.75, 3.05) is 39.8 Å². The second kappa shape index (κ2) is 9.62. The smallest absolute Gasteiger partial charge is 0.407 e. The molecule has 2 aliphatic heterocycles. The fourth-order valence-corrected chi connectivity index (χ4v) is 3.87. The average molecular weight is 382 g/mol. The van der Waals surface area contributed by atoms with E-state index in [1.807, 2.05) is 27.8 Å². The van der Waals surface area contributed by atoms with Crippen LogP contribution in [0.5, 0.6) is 0 Å². The molecule has 0 radical (unpaired) electrons. The second-order valence-electron chi connectivity index (χ2n) is 9.10. The molecule has 0 spiro atoms. The van der Waals surface area contributed by atoms with Crippen LogP contribution in [0.4, 0.5) is 4.79 Å². The number of amides is 1. The van der Waals surface area contributed by atoms with Gasteiger partial charge in [-0.15, -0.1) is 0 Å². The van der Waals surface area contributed by atoms with Gasteiger partial charge in [-0.3, -0.25) is 9.89 Å². The number of alkyl carbamates (subject to hydrolysis) is 1. The van der Waals surface area contributed by atoms with Gasteiger partial charge in [0.2, 0.25) is 0 Å². The molecule has 0 aliphatic carbocycles. The third kappa shape index (κ3) is 7.20. The van der Waals surface area contributed by atoms with E-state index in [2.05, 4.69) is 39.3 Å². The topological polar surface area (TPSA) is 69.2 Å². The van der Waals surface area contributed by atoms with Gasteiger partial charge in [-0.1, -0.05) is 6.92 Å². The Morgan fingerprint density at radius 2 is 2.00 bits per heavy atom. The number of nitrogens with zero attached hydrogens (tertiary/aromatic N) is 3. The third-order valence-electron chi connectivity index (χ3n) is 5.29. The first-order valence-electron chi connectivity index (χ1n) is 10.4.